The summed E-state index contributed by atoms with van der Waals surface area (Å²) in [5.74, 6) is 0. The summed E-state index contributed by atoms with van der Waals surface area (Å²) in [6, 6.07) is 0. The van der Waals surface area contributed by atoms with E-state index in [1.165, 1.54) is 19.3 Å². The van der Waals surface area contributed by atoms with E-state index in [1.807, 2.05) is 0 Å². The first-order valence-electron chi connectivity index (χ1n) is 5.37. The van der Waals surface area contributed by atoms with Gasteiger partial charge < -0.3 is 10.6 Å². The molecule has 1 heterocycles. The van der Waals surface area contributed by atoms with Crippen LogP contribution in [0.15, 0.2) is 0 Å². The Hall–Kier alpha value is -0.160. The smallest absolute Gasteiger partial charge is 0.0112 e. The molecule has 0 aromatic heterocycles. The molecule has 4 heteroatoms. The minimum atomic E-state index is 1.06. The summed E-state index contributed by atoms with van der Waals surface area (Å²) in [5.41, 5.74) is 6.41. The summed E-state index contributed by atoms with van der Waals surface area (Å²) >= 11 is 0. The fraction of sp³-hybridized carbons (Fsp3) is 1.00. The van der Waals surface area contributed by atoms with Crippen molar-refractivity contribution in [1.29, 1.82) is 0 Å². The third kappa shape index (κ3) is 6.95. The number of hydrogen-bond acceptors (Lipinski definition) is 4. The van der Waals surface area contributed by atoms with E-state index in [9.17, 15) is 0 Å². The average Bonchev–Trinajstić information content (AvgIpc) is 2.18. The summed E-state index contributed by atoms with van der Waals surface area (Å²) < 4.78 is 0. The summed E-state index contributed by atoms with van der Waals surface area (Å²) in [4.78, 5) is 0. The van der Waals surface area contributed by atoms with Gasteiger partial charge in [-0.15, -0.1) is 0 Å². The highest BCUT2D eigenvalue weighted by atomic mass is 15.3. The first-order valence-corrected chi connectivity index (χ1v) is 5.37. The van der Waals surface area contributed by atoms with Crippen LogP contribution in [0, 0.1) is 0 Å². The Bertz CT molecular complexity index is 59.7. The second kappa shape index (κ2) is 8.44. The van der Waals surface area contributed by atoms with Gasteiger partial charge in [-0.3, -0.25) is 10.9 Å². The first-order chi connectivity index (χ1) is 6.50. The van der Waals surface area contributed by atoms with Crippen LogP contribution >= 0.6 is 0 Å². The van der Waals surface area contributed by atoms with Gasteiger partial charge in [0.1, 0.15) is 0 Å². The van der Waals surface area contributed by atoms with Crippen molar-refractivity contribution < 1.29 is 0 Å². The molecule has 0 aromatic rings. The second-order valence-corrected chi connectivity index (χ2v) is 3.41. The minimum absolute atomic E-state index is 1.06. The molecule has 1 fully saturated rings. The van der Waals surface area contributed by atoms with E-state index in [0.29, 0.717) is 0 Å². The number of hydrogen-bond donors (Lipinski definition) is 4. The van der Waals surface area contributed by atoms with Crippen LogP contribution in [0.5, 0.6) is 0 Å². The lowest BCUT2D eigenvalue weighted by Crippen LogP contribution is -2.35. The summed E-state index contributed by atoms with van der Waals surface area (Å²) in [6.07, 6.45) is 3.63. The van der Waals surface area contributed by atoms with E-state index in [2.05, 4.69) is 21.5 Å². The van der Waals surface area contributed by atoms with Gasteiger partial charge in [-0.1, -0.05) is 0 Å². The summed E-state index contributed by atoms with van der Waals surface area (Å²) in [5, 5.41) is 6.83. The van der Waals surface area contributed by atoms with Gasteiger partial charge in [0.15, 0.2) is 0 Å². The standard InChI is InChI=1S/C9H22N4/c1-4-10-6-2-8-12-13-9-3-7-11-5-1/h10-13H,1-9H2. The van der Waals surface area contributed by atoms with Crippen molar-refractivity contribution in [3.8, 4) is 0 Å². The molecule has 1 aliphatic rings. The predicted molar refractivity (Wildman–Crippen MR) is 55.6 cm³/mol. The fourth-order valence-corrected chi connectivity index (χ4v) is 1.37. The van der Waals surface area contributed by atoms with Crippen molar-refractivity contribution in [3.05, 3.63) is 0 Å². The minimum Gasteiger partial charge on any atom is -0.317 e. The van der Waals surface area contributed by atoms with E-state index in [0.717, 1.165) is 39.3 Å². The van der Waals surface area contributed by atoms with Crippen molar-refractivity contribution >= 4 is 0 Å². The van der Waals surface area contributed by atoms with Crippen molar-refractivity contribution in [2.24, 2.45) is 0 Å². The summed E-state index contributed by atoms with van der Waals surface area (Å²) in [7, 11) is 0. The Labute approximate surface area is 80.8 Å². The number of hydrazine groups is 1. The monoisotopic (exact) mass is 186 g/mol. The zero-order chi connectivity index (χ0) is 9.19. The molecule has 1 rings (SSSR count). The van der Waals surface area contributed by atoms with Gasteiger partial charge in [-0.25, -0.2) is 0 Å². The maximum Gasteiger partial charge on any atom is 0.0112 e. The molecule has 4 nitrogen and oxygen atoms in total. The molecule has 13 heavy (non-hydrogen) atoms. The zero-order valence-corrected chi connectivity index (χ0v) is 8.36. The SMILES string of the molecule is C1CNCCCNNCCCNC1. The molecule has 0 spiro atoms. The molecule has 0 amide bonds. The van der Waals surface area contributed by atoms with Gasteiger partial charge in [0.25, 0.3) is 0 Å². The molecule has 0 aliphatic carbocycles. The van der Waals surface area contributed by atoms with Crippen LogP contribution in [0.1, 0.15) is 19.3 Å². The normalized spacial score (nSPS) is 24.0. The van der Waals surface area contributed by atoms with Crippen LogP contribution in [0.2, 0.25) is 0 Å². The lowest BCUT2D eigenvalue weighted by molar-refractivity contribution is 0.502. The largest absolute Gasteiger partial charge is 0.317 e. The van der Waals surface area contributed by atoms with Crippen LogP contribution in [-0.2, 0) is 0 Å². The van der Waals surface area contributed by atoms with E-state index in [-0.39, 0.29) is 0 Å². The molecular formula is C9H22N4. The van der Waals surface area contributed by atoms with Crippen LogP contribution in [0.3, 0.4) is 0 Å². The van der Waals surface area contributed by atoms with Crippen LogP contribution < -0.4 is 21.5 Å². The number of rotatable bonds is 0. The second-order valence-electron chi connectivity index (χ2n) is 3.41. The zero-order valence-electron chi connectivity index (χ0n) is 8.36. The van der Waals surface area contributed by atoms with Gasteiger partial charge in [0.05, 0.1) is 0 Å². The fourth-order valence-electron chi connectivity index (χ4n) is 1.37. The molecule has 0 aromatic carbocycles. The Balaban J connectivity index is 2.01. The van der Waals surface area contributed by atoms with Crippen molar-refractivity contribution in [3.63, 3.8) is 0 Å². The maximum absolute atomic E-state index is 3.42. The molecule has 0 unspecified atom stereocenters. The van der Waals surface area contributed by atoms with Gasteiger partial charge in [0, 0.05) is 13.1 Å². The predicted octanol–water partition coefficient (Wildman–Crippen LogP) is -0.556. The Kier molecular flexibility index (Phi) is 7.09. The highest BCUT2D eigenvalue weighted by molar-refractivity contribution is 4.55. The summed E-state index contributed by atoms with van der Waals surface area (Å²) in [6.45, 7) is 6.63. The molecule has 0 atom stereocenters. The van der Waals surface area contributed by atoms with Crippen molar-refractivity contribution in [1.82, 2.24) is 21.5 Å². The lowest BCUT2D eigenvalue weighted by atomic mass is 10.3. The van der Waals surface area contributed by atoms with Gasteiger partial charge in [0.2, 0.25) is 0 Å². The molecule has 4 N–H and O–H groups in total. The van der Waals surface area contributed by atoms with E-state index in [1.54, 1.807) is 0 Å². The van der Waals surface area contributed by atoms with Crippen molar-refractivity contribution in [2.45, 2.75) is 19.3 Å². The number of nitrogens with one attached hydrogen (secondary N) is 4. The Morgan fingerprint density at radius 1 is 0.462 bits per heavy atom. The van der Waals surface area contributed by atoms with Gasteiger partial charge in [-0.2, -0.15) is 0 Å². The lowest BCUT2D eigenvalue weighted by Gasteiger charge is -2.05. The molecule has 1 aliphatic heterocycles. The quantitative estimate of drug-likeness (QED) is 0.410. The molecule has 78 valence electrons. The van der Waals surface area contributed by atoms with Gasteiger partial charge in [-0.05, 0) is 45.4 Å². The molecular weight excluding hydrogens is 164 g/mol. The molecule has 0 bridgehead atoms. The van der Waals surface area contributed by atoms with Crippen LogP contribution in [-0.4, -0.2) is 39.3 Å². The third-order valence-corrected chi connectivity index (χ3v) is 2.14. The topological polar surface area (TPSA) is 48.1 Å². The van der Waals surface area contributed by atoms with E-state index < -0.39 is 0 Å². The van der Waals surface area contributed by atoms with E-state index in [4.69, 9.17) is 0 Å². The molecule has 1 saturated heterocycles. The first kappa shape index (κ1) is 10.9. The highest BCUT2D eigenvalue weighted by Gasteiger charge is 1.92. The molecule has 0 radical (unpaired) electrons. The highest BCUT2D eigenvalue weighted by Crippen LogP contribution is 1.79. The average molecular weight is 186 g/mol. The van der Waals surface area contributed by atoms with E-state index >= 15 is 0 Å². The maximum atomic E-state index is 3.42. The van der Waals surface area contributed by atoms with Gasteiger partial charge >= 0.3 is 0 Å². The third-order valence-electron chi connectivity index (χ3n) is 2.14. The van der Waals surface area contributed by atoms with Crippen molar-refractivity contribution in [2.75, 3.05) is 39.3 Å². The Morgan fingerprint density at radius 2 is 0.846 bits per heavy atom. The van der Waals surface area contributed by atoms with Crippen LogP contribution in [0.4, 0.5) is 0 Å². The molecule has 0 saturated carbocycles. The Morgan fingerprint density at radius 3 is 1.31 bits per heavy atom. The van der Waals surface area contributed by atoms with Crippen LogP contribution in [0.25, 0.3) is 0 Å².